The van der Waals surface area contributed by atoms with Gasteiger partial charge in [0, 0.05) is 6.54 Å². The molecule has 0 unspecified atom stereocenters. The van der Waals surface area contributed by atoms with Gasteiger partial charge in [-0.3, -0.25) is 4.79 Å². The van der Waals surface area contributed by atoms with Crippen LogP contribution in [0.3, 0.4) is 0 Å². The number of hydrogen-bond donors (Lipinski definition) is 2. The van der Waals surface area contributed by atoms with Crippen LogP contribution < -0.4 is 10.6 Å². The predicted octanol–water partition coefficient (Wildman–Crippen LogP) is 1.63. The average molecular weight is 235 g/mol. The van der Waals surface area contributed by atoms with Gasteiger partial charge in [-0.1, -0.05) is 6.07 Å². The van der Waals surface area contributed by atoms with Crippen LogP contribution in [0.2, 0.25) is 0 Å². The van der Waals surface area contributed by atoms with E-state index < -0.39 is 11.9 Å². The predicted molar refractivity (Wildman–Crippen MR) is 62.9 cm³/mol. The van der Waals surface area contributed by atoms with E-state index in [1.54, 1.807) is 19.1 Å². The average Bonchev–Trinajstić information content (AvgIpc) is 2.29. The summed E-state index contributed by atoms with van der Waals surface area (Å²) in [5, 5.41) is 14.3. The van der Waals surface area contributed by atoms with E-state index in [1.165, 1.54) is 12.1 Å². The molecule has 0 spiro atoms. The first-order valence-electron chi connectivity index (χ1n) is 5.33. The number of anilines is 1. The van der Waals surface area contributed by atoms with Crippen LogP contribution in [0, 0.1) is 17.1 Å². The Morgan fingerprint density at radius 2 is 2.29 bits per heavy atom. The van der Waals surface area contributed by atoms with E-state index >= 15 is 0 Å². The Morgan fingerprint density at radius 1 is 1.59 bits per heavy atom. The number of carbonyl (C=O) groups is 1. The highest BCUT2D eigenvalue weighted by Gasteiger charge is 2.14. The summed E-state index contributed by atoms with van der Waals surface area (Å²) in [6.07, 6.45) is 0. The van der Waals surface area contributed by atoms with Crippen LogP contribution in [0.4, 0.5) is 10.1 Å². The fourth-order valence-corrected chi connectivity index (χ4v) is 1.38. The summed E-state index contributed by atoms with van der Waals surface area (Å²) in [6, 6.07) is 5.51. The Morgan fingerprint density at radius 3 is 2.88 bits per heavy atom. The largest absolute Gasteiger partial charge is 0.373 e. The molecule has 0 saturated heterocycles. The van der Waals surface area contributed by atoms with E-state index in [9.17, 15) is 9.18 Å². The maximum Gasteiger partial charge on any atom is 0.242 e. The van der Waals surface area contributed by atoms with Gasteiger partial charge in [0.25, 0.3) is 0 Å². The molecule has 90 valence electrons. The van der Waals surface area contributed by atoms with Gasteiger partial charge in [-0.2, -0.15) is 5.26 Å². The maximum absolute atomic E-state index is 13.3. The number of hydrogen-bond acceptors (Lipinski definition) is 3. The zero-order valence-electron chi connectivity index (χ0n) is 9.75. The van der Waals surface area contributed by atoms with Crippen LogP contribution in [0.25, 0.3) is 0 Å². The number of nitriles is 1. The van der Waals surface area contributed by atoms with Gasteiger partial charge in [0.1, 0.15) is 23.5 Å². The lowest BCUT2D eigenvalue weighted by atomic mass is 10.1. The lowest BCUT2D eigenvalue weighted by Crippen LogP contribution is -2.37. The van der Waals surface area contributed by atoms with Crippen molar-refractivity contribution in [1.29, 1.82) is 5.26 Å². The minimum absolute atomic E-state index is 0.0800. The van der Waals surface area contributed by atoms with Crippen molar-refractivity contribution >= 4 is 11.6 Å². The highest BCUT2D eigenvalue weighted by molar-refractivity contribution is 5.84. The Bertz CT molecular complexity index is 454. The van der Waals surface area contributed by atoms with Gasteiger partial charge in [0.15, 0.2) is 0 Å². The van der Waals surface area contributed by atoms with Crippen molar-refractivity contribution in [1.82, 2.24) is 5.32 Å². The van der Waals surface area contributed by atoms with Gasteiger partial charge in [-0.05, 0) is 26.0 Å². The summed E-state index contributed by atoms with van der Waals surface area (Å²) in [5.41, 5.74) is 0.245. The number of nitrogens with zero attached hydrogens (tertiary/aromatic N) is 1. The number of rotatable bonds is 4. The molecule has 0 aliphatic rings. The minimum atomic E-state index is -0.597. The molecule has 1 rings (SSSR count). The van der Waals surface area contributed by atoms with Crippen molar-refractivity contribution < 1.29 is 9.18 Å². The molecule has 1 aromatic rings. The van der Waals surface area contributed by atoms with Crippen molar-refractivity contribution in [2.75, 3.05) is 11.9 Å². The molecule has 1 amide bonds. The molecule has 4 nitrogen and oxygen atoms in total. The molecule has 17 heavy (non-hydrogen) atoms. The molecule has 0 aromatic heterocycles. The summed E-state index contributed by atoms with van der Waals surface area (Å²) in [6.45, 7) is 3.99. The van der Waals surface area contributed by atoms with Crippen molar-refractivity contribution in [3.8, 4) is 6.07 Å². The number of benzene rings is 1. The van der Waals surface area contributed by atoms with E-state index in [4.69, 9.17) is 5.26 Å². The molecule has 5 heteroatoms. The normalized spacial score (nSPS) is 11.4. The number of amides is 1. The topological polar surface area (TPSA) is 64.9 Å². The molecule has 0 radical (unpaired) electrons. The first kappa shape index (κ1) is 13.0. The third-order valence-electron chi connectivity index (χ3n) is 2.24. The van der Waals surface area contributed by atoms with Gasteiger partial charge in [-0.25, -0.2) is 4.39 Å². The molecule has 0 aliphatic heterocycles. The summed E-state index contributed by atoms with van der Waals surface area (Å²) >= 11 is 0. The lowest BCUT2D eigenvalue weighted by Gasteiger charge is -2.15. The van der Waals surface area contributed by atoms with Crippen molar-refractivity contribution in [3.05, 3.63) is 29.6 Å². The Balaban J connectivity index is 2.86. The molecule has 2 N–H and O–H groups in total. The Kier molecular flexibility index (Phi) is 4.46. The number of halogens is 1. The van der Waals surface area contributed by atoms with Gasteiger partial charge in [0.05, 0.1) is 5.69 Å². The summed E-state index contributed by atoms with van der Waals surface area (Å²) in [4.78, 5) is 11.5. The van der Waals surface area contributed by atoms with Gasteiger partial charge >= 0.3 is 0 Å². The standard InChI is InChI=1S/C12H14FN3O/c1-3-15-12(17)8(2)16-11-6-4-5-10(13)9(11)7-14/h4-6,8,16H,3H2,1-2H3,(H,15,17)/t8-/m0/s1. The molecular weight excluding hydrogens is 221 g/mol. The second-order valence-electron chi connectivity index (χ2n) is 3.53. The molecular formula is C12H14FN3O. The molecule has 1 aromatic carbocycles. The van der Waals surface area contributed by atoms with E-state index in [2.05, 4.69) is 10.6 Å². The molecule has 0 aliphatic carbocycles. The monoisotopic (exact) mass is 235 g/mol. The molecule has 0 saturated carbocycles. The summed E-state index contributed by atoms with van der Waals surface area (Å²) in [7, 11) is 0. The SMILES string of the molecule is CCNC(=O)[C@H](C)Nc1cccc(F)c1C#N. The molecule has 0 heterocycles. The van der Waals surface area contributed by atoms with Gasteiger partial charge < -0.3 is 10.6 Å². The van der Waals surface area contributed by atoms with Crippen LogP contribution in [0.1, 0.15) is 19.4 Å². The molecule has 0 bridgehead atoms. The quantitative estimate of drug-likeness (QED) is 0.833. The number of likely N-dealkylation sites (N-methyl/N-ethyl adjacent to an activating group) is 1. The summed E-state index contributed by atoms with van der Waals surface area (Å²) in [5.74, 6) is -0.791. The van der Waals surface area contributed by atoms with Crippen LogP contribution in [0.5, 0.6) is 0 Å². The van der Waals surface area contributed by atoms with Crippen molar-refractivity contribution in [2.45, 2.75) is 19.9 Å². The van der Waals surface area contributed by atoms with E-state index in [0.717, 1.165) is 0 Å². The van der Waals surface area contributed by atoms with Crippen LogP contribution in [0.15, 0.2) is 18.2 Å². The maximum atomic E-state index is 13.3. The summed E-state index contributed by atoms with van der Waals surface area (Å²) < 4.78 is 13.3. The van der Waals surface area contributed by atoms with E-state index in [-0.39, 0.29) is 11.5 Å². The van der Waals surface area contributed by atoms with E-state index in [1.807, 2.05) is 6.92 Å². The molecule has 1 atom stereocenters. The van der Waals surface area contributed by atoms with Gasteiger partial charge in [-0.15, -0.1) is 0 Å². The first-order chi connectivity index (χ1) is 8.10. The van der Waals surface area contributed by atoms with E-state index in [0.29, 0.717) is 12.2 Å². The van der Waals surface area contributed by atoms with Crippen molar-refractivity contribution in [2.24, 2.45) is 0 Å². The highest BCUT2D eigenvalue weighted by atomic mass is 19.1. The highest BCUT2D eigenvalue weighted by Crippen LogP contribution is 2.18. The fraction of sp³-hybridized carbons (Fsp3) is 0.333. The minimum Gasteiger partial charge on any atom is -0.373 e. The smallest absolute Gasteiger partial charge is 0.242 e. The van der Waals surface area contributed by atoms with Crippen LogP contribution in [-0.4, -0.2) is 18.5 Å². The first-order valence-corrected chi connectivity index (χ1v) is 5.33. The third-order valence-corrected chi connectivity index (χ3v) is 2.24. The Labute approximate surface area is 99.4 Å². The molecule has 0 fully saturated rings. The second-order valence-corrected chi connectivity index (χ2v) is 3.53. The zero-order chi connectivity index (χ0) is 12.8. The number of nitrogens with one attached hydrogen (secondary N) is 2. The van der Waals surface area contributed by atoms with Crippen LogP contribution in [-0.2, 0) is 4.79 Å². The lowest BCUT2D eigenvalue weighted by molar-refractivity contribution is -0.121. The zero-order valence-corrected chi connectivity index (χ0v) is 9.75. The van der Waals surface area contributed by atoms with Crippen LogP contribution >= 0.6 is 0 Å². The second kappa shape index (κ2) is 5.85. The fourth-order valence-electron chi connectivity index (χ4n) is 1.38. The number of carbonyl (C=O) groups excluding carboxylic acids is 1. The Hall–Kier alpha value is -2.09. The van der Waals surface area contributed by atoms with Crippen molar-refractivity contribution in [3.63, 3.8) is 0 Å². The van der Waals surface area contributed by atoms with Gasteiger partial charge in [0.2, 0.25) is 5.91 Å². The third kappa shape index (κ3) is 3.18.